The molecular weight excluding hydrogens is 389 g/mol. The molecule has 0 aromatic heterocycles. The fraction of sp³-hybridized carbons (Fsp3) is 0.273. The number of fused-ring (bicyclic) bond motifs is 1. The maximum atomic E-state index is 13.3. The molecule has 4 amide bonds. The molecule has 1 fully saturated rings. The Labute approximate surface area is 172 Å². The lowest BCUT2D eigenvalue weighted by molar-refractivity contribution is -0.132. The second-order valence-corrected chi connectivity index (χ2v) is 7.24. The molecule has 0 bridgehead atoms. The molecule has 0 saturated carbocycles. The van der Waals surface area contributed by atoms with Crippen molar-refractivity contribution in [3.05, 3.63) is 71.0 Å². The highest BCUT2D eigenvalue weighted by molar-refractivity contribution is 6.21. The Balaban J connectivity index is 1.30. The fourth-order valence-electron chi connectivity index (χ4n) is 3.77. The molecule has 1 saturated heterocycles. The molecule has 0 unspecified atom stereocenters. The Morgan fingerprint density at radius 2 is 1.43 bits per heavy atom. The summed E-state index contributed by atoms with van der Waals surface area (Å²) in [6.45, 7) is 1.40. The van der Waals surface area contributed by atoms with Gasteiger partial charge in [0.1, 0.15) is 5.82 Å². The lowest BCUT2D eigenvalue weighted by Crippen LogP contribution is -2.51. The highest BCUT2D eigenvalue weighted by atomic mass is 19.1. The zero-order valence-corrected chi connectivity index (χ0v) is 16.2. The van der Waals surface area contributed by atoms with E-state index in [0.717, 1.165) is 4.90 Å². The Bertz CT molecular complexity index is 996. The van der Waals surface area contributed by atoms with Gasteiger partial charge in [-0.25, -0.2) is 4.39 Å². The molecule has 2 aromatic carbocycles. The first-order valence-electron chi connectivity index (χ1n) is 9.73. The van der Waals surface area contributed by atoms with Gasteiger partial charge in [-0.1, -0.05) is 18.2 Å². The van der Waals surface area contributed by atoms with E-state index in [1.165, 1.54) is 18.2 Å². The minimum atomic E-state index is -0.470. The number of benzene rings is 2. The molecule has 2 aliphatic heterocycles. The van der Waals surface area contributed by atoms with Gasteiger partial charge in [0.2, 0.25) is 5.91 Å². The number of rotatable bonds is 4. The van der Waals surface area contributed by atoms with Crippen molar-refractivity contribution in [3.8, 4) is 0 Å². The van der Waals surface area contributed by atoms with Crippen molar-refractivity contribution in [2.24, 2.45) is 0 Å². The first kappa shape index (κ1) is 19.8. The molecule has 0 aliphatic carbocycles. The molecule has 7 nitrogen and oxygen atoms in total. The topological polar surface area (TPSA) is 78.0 Å². The smallest absolute Gasteiger partial charge is 0.261 e. The van der Waals surface area contributed by atoms with Gasteiger partial charge in [0, 0.05) is 44.7 Å². The average molecular weight is 409 g/mol. The maximum absolute atomic E-state index is 13.3. The highest BCUT2D eigenvalue weighted by Gasteiger charge is 2.35. The SMILES string of the molecule is O=C(CCN1C(=O)c2ccccc2C1=O)N1CCN(C(=O)c2cccc(F)c2)CC1. The molecule has 2 aliphatic rings. The third kappa shape index (κ3) is 3.68. The van der Waals surface area contributed by atoms with Gasteiger partial charge in [0.15, 0.2) is 0 Å². The van der Waals surface area contributed by atoms with E-state index in [1.807, 2.05) is 0 Å². The zero-order chi connectivity index (χ0) is 21.3. The van der Waals surface area contributed by atoms with Crippen LogP contribution in [-0.4, -0.2) is 71.1 Å². The Kier molecular flexibility index (Phi) is 5.31. The van der Waals surface area contributed by atoms with Gasteiger partial charge in [0.05, 0.1) is 11.1 Å². The van der Waals surface area contributed by atoms with Gasteiger partial charge < -0.3 is 9.80 Å². The summed E-state index contributed by atoms with van der Waals surface area (Å²) in [5.74, 6) is -1.68. The molecule has 8 heteroatoms. The summed E-state index contributed by atoms with van der Waals surface area (Å²) in [5, 5.41) is 0. The van der Waals surface area contributed by atoms with Crippen LogP contribution >= 0.6 is 0 Å². The predicted molar refractivity (Wildman–Crippen MR) is 105 cm³/mol. The molecule has 30 heavy (non-hydrogen) atoms. The third-order valence-corrected chi connectivity index (χ3v) is 5.42. The number of hydrogen-bond donors (Lipinski definition) is 0. The Morgan fingerprint density at radius 3 is 2.03 bits per heavy atom. The van der Waals surface area contributed by atoms with E-state index in [4.69, 9.17) is 0 Å². The van der Waals surface area contributed by atoms with Crippen molar-refractivity contribution in [2.75, 3.05) is 32.7 Å². The molecule has 0 spiro atoms. The number of piperazine rings is 1. The lowest BCUT2D eigenvalue weighted by atomic mass is 10.1. The minimum Gasteiger partial charge on any atom is -0.339 e. The van der Waals surface area contributed by atoms with Crippen LogP contribution in [0.1, 0.15) is 37.5 Å². The van der Waals surface area contributed by atoms with Crippen molar-refractivity contribution in [1.29, 1.82) is 0 Å². The molecule has 154 valence electrons. The summed E-state index contributed by atoms with van der Waals surface area (Å²) in [6.07, 6.45) is 0.0311. The van der Waals surface area contributed by atoms with Crippen LogP contribution in [0, 0.1) is 5.82 Å². The second-order valence-electron chi connectivity index (χ2n) is 7.24. The van der Waals surface area contributed by atoms with Crippen LogP contribution in [0.4, 0.5) is 4.39 Å². The number of nitrogens with zero attached hydrogens (tertiary/aromatic N) is 3. The van der Waals surface area contributed by atoms with Crippen molar-refractivity contribution in [1.82, 2.24) is 14.7 Å². The van der Waals surface area contributed by atoms with E-state index in [2.05, 4.69) is 0 Å². The summed E-state index contributed by atoms with van der Waals surface area (Å²) in [6, 6.07) is 12.1. The fourth-order valence-corrected chi connectivity index (χ4v) is 3.77. The first-order chi connectivity index (χ1) is 14.5. The number of halogens is 1. The normalized spacial score (nSPS) is 16.1. The van der Waals surface area contributed by atoms with E-state index in [0.29, 0.717) is 37.3 Å². The van der Waals surface area contributed by atoms with Crippen LogP contribution < -0.4 is 0 Å². The Hall–Kier alpha value is -3.55. The molecule has 0 atom stereocenters. The van der Waals surface area contributed by atoms with E-state index in [-0.39, 0.29) is 42.2 Å². The van der Waals surface area contributed by atoms with Gasteiger partial charge in [-0.15, -0.1) is 0 Å². The summed E-state index contributed by atoms with van der Waals surface area (Å²) in [4.78, 5) is 54.1. The largest absolute Gasteiger partial charge is 0.339 e. The van der Waals surface area contributed by atoms with E-state index < -0.39 is 5.82 Å². The van der Waals surface area contributed by atoms with Crippen LogP contribution in [0.15, 0.2) is 48.5 Å². The maximum Gasteiger partial charge on any atom is 0.261 e. The van der Waals surface area contributed by atoms with Crippen molar-refractivity contribution in [2.45, 2.75) is 6.42 Å². The number of carbonyl (C=O) groups is 4. The number of carbonyl (C=O) groups excluding carboxylic acids is 4. The van der Waals surface area contributed by atoms with Crippen LogP contribution in [0.25, 0.3) is 0 Å². The molecule has 2 heterocycles. The molecule has 2 aromatic rings. The third-order valence-electron chi connectivity index (χ3n) is 5.42. The lowest BCUT2D eigenvalue weighted by Gasteiger charge is -2.35. The van der Waals surface area contributed by atoms with Crippen LogP contribution in [0.2, 0.25) is 0 Å². The van der Waals surface area contributed by atoms with Crippen LogP contribution in [0.5, 0.6) is 0 Å². The molecule has 0 radical (unpaired) electrons. The van der Waals surface area contributed by atoms with Gasteiger partial charge in [0.25, 0.3) is 17.7 Å². The average Bonchev–Trinajstić information content (AvgIpc) is 3.01. The molecular formula is C22H20FN3O4. The quantitative estimate of drug-likeness (QED) is 0.722. The van der Waals surface area contributed by atoms with Gasteiger partial charge in [-0.2, -0.15) is 0 Å². The van der Waals surface area contributed by atoms with Crippen molar-refractivity contribution >= 4 is 23.6 Å². The Morgan fingerprint density at radius 1 is 0.833 bits per heavy atom. The zero-order valence-electron chi connectivity index (χ0n) is 16.2. The standard InChI is InChI=1S/C22H20FN3O4/c23-16-5-3-4-15(14-16)20(28)25-12-10-24(11-13-25)19(27)8-9-26-21(29)17-6-1-2-7-18(17)22(26)30/h1-7,14H,8-13H2. The second kappa shape index (κ2) is 8.06. The summed E-state index contributed by atoms with van der Waals surface area (Å²) in [7, 11) is 0. The number of hydrogen-bond acceptors (Lipinski definition) is 4. The predicted octanol–water partition coefficient (Wildman–Crippen LogP) is 1.80. The van der Waals surface area contributed by atoms with E-state index in [9.17, 15) is 23.6 Å². The van der Waals surface area contributed by atoms with Crippen LogP contribution in [0.3, 0.4) is 0 Å². The van der Waals surface area contributed by atoms with Gasteiger partial charge >= 0.3 is 0 Å². The summed E-state index contributed by atoms with van der Waals surface area (Å²) in [5.41, 5.74) is 0.999. The van der Waals surface area contributed by atoms with E-state index >= 15 is 0 Å². The van der Waals surface area contributed by atoms with Crippen molar-refractivity contribution in [3.63, 3.8) is 0 Å². The van der Waals surface area contributed by atoms with Gasteiger partial charge in [-0.3, -0.25) is 24.1 Å². The molecule has 4 rings (SSSR count). The highest BCUT2D eigenvalue weighted by Crippen LogP contribution is 2.22. The van der Waals surface area contributed by atoms with E-state index in [1.54, 1.807) is 40.1 Å². The molecule has 0 N–H and O–H groups in total. The van der Waals surface area contributed by atoms with Crippen LogP contribution in [-0.2, 0) is 4.79 Å². The summed E-state index contributed by atoms with van der Waals surface area (Å²) >= 11 is 0. The minimum absolute atomic E-state index is 0.0214. The van der Waals surface area contributed by atoms with Gasteiger partial charge in [-0.05, 0) is 30.3 Å². The monoisotopic (exact) mass is 409 g/mol. The first-order valence-corrected chi connectivity index (χ1v) is 9.73. The number of amides is 4. The van der Waals surface area contributed by atoms with Crippen molar-refractivity contribution < 1.29 is 23.6 Å². The summed E-state index contributed by atoms with van der Waals surface area (Å²) < 4.78 is 13.3. The number of imide groups is 1.